The van der Waals surface area contributed by atoms with Crippen molar-refractivity contribution in [2.75, 3.05) is 37.6 Å². The lowest BCUT2D eigenvalue weighted by Gasteiger charge is -2.39. The fourth-order valence-corrected chi connectivity index (χ4v) is 3.71. The van der Waals surface area contributed by atoms with E-state index in [1.165, 1.54) is 37.2 Å². The second-order valence-corrected chi connectivity index (χ2v) is 6.20. The maximum atomic E-state index is 6.42. The number of halogens is 1. The number of fused-ring (bicyclic) bond motifs is 1. The van der Waals surface area contributed by atoms with E-state index < -0.39 is 0 Å². The maximum Gasteiger partial charge on any atom is 0.0471 e. The normalized spacial score (nSPS) is 23.1. The predicted octanol–water partition coefficient (Wildman–Crippen LogP) is 2.73. The number of nitrogens with one attached hydrogen (secondary N) is 1. The van der Waals surface area contributed by atoms with Crippen LogP contribution in [-0.2, 0) is 6.54 Å². The molecule has 2 aliphatic heterocycles. The molecule has 0 bridgehead atoms. The lowest BCUT2D eigenvalue weighted by molar-refractivity contribution is 0.231. The van der Waals surface area contributed by atoms with Gasteiger partial charge in [-0.25, -0.2) is 0 Å². The van der Waals surface area contributed by atoms with E-state index in [9.17, 15) is 0 Å². The van der Waals surface area contributed by atoms with Gasteiger partial charge in [0.1, 0.15) is 0 Å². The quantitative estimate of drug-likeness (QED) is 0.921. The molecule has 0 aliphatic carbocycles. The molecule has 4 heteroatoms. The average Bonchev–Trinajstić information content (AvgIpc) is 2.93. The Kier molecular flexibility index (Phi) is 4.49. The molecule has 20 heavy (non-hydrogen) atoms. The summed E-state index contributed by atoms with van der Waals surface area (Å²) in [7, 11) is 0. The van der Waals surface area contributed by atoms with Gasteiger partial charge in [-0.1, -0.05) is 24.6 Å². The van der Waals surface area contributed by atoms with Gasteiger partial charge in [-0.15, -0.1) is 0 Å². The third-order valence-electron chi connectivity index (χ3n) is 4.57. The van der Waals surface area contributed by atoms with Gasteiger partial charge < -0.3 is 10.2 Å². The number of benzene rings is 1. The highest BCUT2D eigenvalue weighted by atomic mass is 35.5. The lowest BCUT2D eigenvalue weighted by atomic mass is 10.1. The molecule has 1 atom stereocenters. The summed E-state index contributed by atoms with van der Waals surface area (Å²) in [4.78, 5) is 5.18. The summed E-state index contributed by atoms with van der Waals surface area (Å²) >= 11 is 6.42. The molecule has 110 valence electrons. The van der Waals surface area contributed by atoms with Crippen molar-refractivity contribution in [3.05, 3.63) is 28.8 Å². The number of anilines is 1. The minimum atomic E-state index is 0.745. The topological polar surface area (TPSA) is 18.5 Å². The zero-order valence-corrected chi connectivity index (χ0v) is 13.0. The first-order chi connectivity index (χ1) is 9.79. The second-order valence-electron chi connectivity index (χ2n) is 5.80. The first-order valence-corrected chi connectivity index (χ1v) is 8.14. The van der Waals surface area contributed by atoms with Crippen LogP contribution in [0.3, 0.4) is 0 Å². The molecule has 0 radical (unpaired) electrons. The van der Waals surface area contributed by atoms with Gasteiger partial charge in [-0.05, 0) is 38.1 Å². The van der Waals surface area contributed by atoms with Gasteiger partial charge in [0, 0.05) is 48.5 Å². The van der Waals surface area contributed by atoms with Crippen LogP contribution in [0.4, 0.5) is 5.69 Å². The average molecular weight is 294 g/mol. The number of hydrogen-bond donors (Lipinski definition) is 1. The van der Waals surface area contributed by atoms with Gasteiger partial charge in [0.25, 0.3) is 0 Å². The molecule has 0 spiro atoms. The molecule has 3 rings (SSSR count). The molecule has 3 nitrogen and oxygen atoms in total. The molecule has 2 heterocycles. The molecular formula is C16H24ClN3. The number of piperazine rings is 1. The Morgan fingerprint density at radius 3 is 3.05 bits per heavy atom. The monoisotopic (exact) mass is 293 g/mol. The molecule has 0 aromatic heterocycles. The van der Waals surface area contributed by atoms with Crippen LogP contribution in [0.25, 0.3) is 0 Å². The highest BCUT2D eigenvalue weighted by Crippen LogP contribution is 2.31. The van der Waals surface area contributed by atoms with Crippen LogP contribution in [0.5, 0.6) is 0 Å². The number of nitrogens with zero attached hydrogens (tertiary/aromatic N) is 2. The molecule has 1 aromatic rings. The molecule has 1 unspecified atom stereocenters. The summed E-state index contributed by atoms with van der Waals surface area (Å²) in [5.41, 5.74) is 2.58. The Labute approximate surface area is 126 Å². The Bertz CT molecular complexity index is 463. The van der Waals surface area contributed by atoms with Crippen molar-refractivity contribution in [2.24, 2.45) is 0 Å². The van der Waals surface area contributed by atoms with Crippen molar-refractivity contribution in [3.8, 4) is 0 Å². The van der Waals surface area contributed by atoms with Crippen LogP contribution in [0.15, 0.2) is 18.2 Å². The summed E-state index contributed by atoms with van der Waals surface area (Å²) in [6, 6.07) is 7.05. The maximum absolute atomic E-state index is 6.42. The smallest absolute Gasteiger partial charge is 0.0471 e. The van der Waals surface area contributed by atoms with Gasteiger partial charge in [-0.2, -0.15) is 0 Å². The van der Waals surface area contributed by atoms with Gasteiger partial charge in [-0.3, -0.25) is 4.90 Å². The van der Waals surface area contributed by atoms with Gasteiger partial charge in [0.15, 0.2) is 0 Å². The number of rotatable bonds is 4. The summed E-state index contributed by atoms with van der Waals surface area (Å²) < 4.78 is 0. The van der Waals surface area contributed by atoms with Crippen molar-refractivity contribution in [2.45, 2.75) is 32.4 Å². The molecular weight excluding hydrogens is 270 g/mol. The highest BCUT2D eigenvalue weighted by Gasteiger charge is 2.31. The highest BCUT2D eigenvalue weighted by molar-refractivity contribution is 6.31. The van der Waals surface area contributed by atoms with Crippen molar-refractivity contribution in [3.63, 3.8) is 0 Å². The van der Waals surface area contributed by atoms with Crippen LogP contribution in [0.2, 0.25) is 5.02 Å². The second kappa shape index (κ2) is 6.33. The van der Waals surface area contributed by atoms with Crippen LogP contribution >= 0.6 is 11.6 Å². The minimum Gasteiger partial charge on any atom is -0.368 e. The fraction of sp³-hybridized carbons (Fsp3) is 0.625. The van der Waals surface area contributed by atoms with Gasteiger partial charge in [0.05, 0.1) is 0 Å². The fourth-order valence-electron chi connectivity index (χ4n) is 3.48. The van der Waals surface area contributed by atoms with Crippen LogP contribution in [0.1, 0.15) is 25.3 Å². The third kappa shape index (κ3) is 2.80. The van der Waals surface area contributed by atoms with Crippen LogP contribution < -0.4 is 10.2 Å². The molecule has 0 saturated carbocycles. The van der Waals surface area contributed by atoms with E-state index in [1.54, 1.807) is 0 Å². The Hall–Kier alpha value is -0.770. The summed E-state index contributed by atoms with van der Waals surface area (Å²) in [5, 5.41) is 4.30. The van der Waals surface area contributed by atoms with Crippen molar-refractivity contribution < 1.29 is 0 Å². The molecule has 0 amide bonds. The molecule has 1 N–H and O–H groups in total. The summed E-state index contributed by atoms with van der Waals surface area (Å²) in [5.74, 6) is 0. The summed E-state index contributed by atoms with van der Waals surface area (Å²) in [6.07, 6.45) is 2.71. The third-order valence-corrected chi connectivity index (χ3v) is 4.93. The van der Waals surface area contributed by atoms with E-state index in [1.807, 2.05) is 6.07 Å². The van der Waals surface area contributed by atoms with E-state index in [0.717, 1.165) is 37.2 Å². The van der Waals surface area contributed by atoms with E-state index in [-0.39, 0.29) is 0 Å². The predicted molar refractivity (Wildman–Crippen MR) is 85.6 cm³/mol. The molecule has 2 fully saturated rings. The number of hydrogen-bond acceptors (Lipinski definition) is 3. The SMILES string of the molecule is CCNCc1c(Cl)cccc1N1CCN2CCCC2C1. The Morgan fingerprint density at radius 2 is 2.20 bits per heavy atom. The largest absolute Gasteiger partial charge is 0.368 e. The first-order valence-electron chi connectivity index (χ1n) is 7.76. The van der Waals surface area contributed by atoms with Gasteiger partial charge >= 0.3 is 0 Å². The lowest BCUT2D eigenvalue weighted by Crippen LogP contribution is -2.50. The van der Waals surface area contributed by atoms with Crippen molar-refractivity contribution >= 4 is 17.3 Å². The zero-order valence-electron chi connectivity index (χ0n) is 12.2. The van der Waals surface area contributed by atoms with Crippen molar-refractivity contribution in [1.29, 1.82) is 0 Å². The standard InChI is InChI=1S/C16H24ClN3/c1-2-18-11-14-15(17)6-3-7-16(14)20-10-9-19-8-4-5-13(19)12-20/h3,6-7,13,18H,2,4-5,8-12H2,1H3. The Balaban J connectivity index is 1.80. The van der Waals surface area contributed by atoms with Crippen LogP contribution in [0, 0.1) is 0 Å². The molecule has 1 aromatic carbocycles. The van der Waals surface area contributed by atoms with E-state index in [2.05, 4.69) is 34.2 Å². The van der Waals surface area contributed by atoms with Crippen molar-refractivity contribution in [1.82, 2.24) is 10.2 Å². The Morgan fingerprint density at radius 1 is 1.30 bits per heavy atom. The minimum absolute atomic E-state index is 0.745. The van der Waals surface area contributed by atoms with E-state index in [4.69, 9.17) is 11.6 Å². The molecule has 2 aliphatic rings. The molecule has 2 saturated heterocycles. The van der Waals surface area contributed by atoms with Gasteiger partial charge in [0.2, 0.25) is 0 Å². The summed E-state index contributed by atoms with van der Waals surface area (Å²) in [6.45, 7) is 8.72. The first kappa shape index (κ1) is 14.2. The van der Waals surface area contributed by atoms with Crippen LogP contribution in [-0.4, -0.2) is 43.7 Å². The van der Waals surface area contributed by atoms with E-state index in [0.29, 0.717) is 0 Å². The zero-order chi connectivity index (χ0) is 13.9. The van der Waals surface area contributed by atoms with E-state index >= 15 is 0 Å².